The summed E-state index contributed by atoms with van der Waals surface area (Å²) in [6, 6.07) is 6.81. The molecule has 1 N–H and O–H groups in total. The van der Waals surface area contributed by atoms with Crippen molar-refractivity contribution in [3.8, 4) is 5.75 Å². The van der Waals surface area contributed by atoms with Crippen LogP contribution in [0.1, 0.15) is 83.6 Å². The number of nitrogens with zero attached hydrogens (tertiary/aromatic N) is 1. The molecule has 0 aromatic heterocycles. The summed E-state index contributed by atoms with van der Waals surface area (Å²) in [5.41, 5.74) is 0.938. The van der Waals surface area contributed by atoms with Gasteiger partial charge < -0.3 is 19.5 Å². The van der Waals surface area contributed by atoms with Crippen molar-refractivity contribution in [3.05, 3.63) is 29.8 Å². The molecule has 6 heteroatoms. The molecule has 3 atom stereocenters. The second-order valence-corrected chi connectivity index (χ2v) is 9.42. The van der Waals surface area contributed by atoms with Crippen molar-refractivity contribution in [1.29, 1.82) is 0 Å². The molecule has 1 saturated heterocycles. The summed E-state index contributed by atoms with van der Waals surface area (Å²) in [7, 11) is 1.72. The van der Waals surface area contributed by atoms with Gasteiger partial charge in [0.15, 0.2) is 0 Å². The summed E-state index contributed by atoms with van der Waals surface area (Å²) < 4.78 is 11.5. The highest BCUT2D eigenvalue weighted by Gasteiger charge is 2.30. The molecule has 0 aliphatic carbocycles. The van der Waals surface area contributed by atoms with Crippen molar-refractivity contribution in [1.82, 2.24) is 4.90 Å². The van der Waals surface area contributed by atoms with E-state index in [1.165, 1.54) is 0 Å². The maximum absolute atomic E-state index is 13.3. The Labute approximate surface area is 199 Å². The van der Waals surface area contributed by atoms with E-state index in [0.29, 0.717) is 24.5 Å². The summed E-state index contributed by atoms with van der Waals surface area (Å²) in [6.45, 7) is 4.63. The Bertz CT molecular complexity index is 705. The molecule has 2 rings (SSSR count). The molecule has 0 bridgehead atoms. The molecule has 0 unspecified atom stereocenters. The van der Waals surface area contributed by atoms with Gasteiger partial charge in [0.2, 0.25) is 5.91 Å². The predicted molar refractivity (Wildman–Crippen MR) is 130 cm³/mol. The number of ether oxygens (including phenoxy) is 2. The summed E-state index contributed by atoms with van der Waals surface area (Å²) >= 11 is 0. The lowest BCUT2D eigenvalue weighted by Crippen LogP contribution is -2.45. The van der Waals surface area contributed by atoms with Crippen LogP contribution in [0.5, 0.6) is 5.75 Å². The first-order chi connectivity index (χ1) is 15.9. The number of unbranched alkanes of at least 4 members (excludes halogenated alkanes) is 2. The first-order valence-electron chi connectivity index (χ1n) is 12.7. The van der Waals surface area contributed by atoms with Crippen LogP contribution in [-0.2, 0) is 20.7 Å². The van der Waals surface area contributed by atoms with Gasteiger partial charge in [0.25, 0.3) is 0 Å². The van der Waals surface area contributed by atoms with Crippen LogP contribution in [0, 0.1) is 5.92 Å². The molecular formula is C27H43NO5. The number of carbonyl (C=O) groups excluding carboxylic acids is 2. The van der Waals surface area contributed by atoms with Gasteiger partial charge in [-0.25, -0.2) is 4.79 Å². The highest BCUT2D eigenvalue weighted by molar-refractivity contribution is 5.84. The van der Waals surface area contributed by atoms with Crippen LogP contribution in [0.15, 0.2) is 24.3 Å². The third-order valence-corrected chi connectivity index (χ3v) is 6.58. The van der Waals surface area contributed by atoms with Crippen LogP contribution in [0.2, 0.25) is 0 Å². The van der Waals surface area contributed by atoms with E-state index in [9.17, 15) is 9.59 Å². The van der Waals surface area contributed by atoms with Crippen LogP contribution in [-0.4, -0.2) is 54.3 Å². The third-order valence-electron chi connectivity index (χ3n) is 6.58. The number of aliphatic hydroxyl groups excluding tert-OH is 1. The van der Waals surface area contributed by atoms with Gasteiger partial charge in [0, 0.05) is 19.9 Å². The smallest absolute Gasteiger partial charge is 0.329 e. The van der Waals surface area contributed by atoms with Gasteiger partial charge in [0.05, 0.1) is 6.61 Å². The van der Waals surface area contributed by atoms with E-state index in [0.717, 1.165) is 63.4 Å². The largest absolute Gasteiger partial charge is 0.491 e. The Hall–Kier alpha value is -2.08. The van der Waals surface area contributed by atoms with Crippen molar-refractivity contribution in [2.24, 2.45) is 5.92 Å². The van der Waals surface area contributed by atoms with E-state index >= 15 is 0 Å². The minimum Gasteiger partial charge on any atom is -0.491 e. The maximum atomic E-state index is 13.3. The van der Waals surface area contributed by atoms with Gasteiger partial charge in [-0.15, -0.1) is 0 Å². The Morgan fingerprint density at radius 3 is 2.55 bits per heavy atom. The number of aliphatic hydroxyl groups is 1. The van der Waals surface area contributed by atoms with Crippen molar-refractivity contribution in [3.63, 3.8) is 0 Å². The number of likely N-dealkylation sites (N-methyl/N-ethyl adjacent to an activating group) is 1. The Morgan fingerprint density at radius 2 is 1.85 bits per heavy atom. The topological polar surface area (TPSA) is 76.1 Å². The van der Waals surface area contributed by atoms with Crippen molar-refractivity contribution in [2.45, 2.75) is 96.6 Å². The van der Waals surface area contributed by atoms with Crippen molar-refractivity contribution >= 4 is 11.9 Å². The molecule has 0 saturated carbocycles. The summed E-state index contributed by atoms with van der Waals surface area (Å²) in [5.74, 6) is 0.933. The van der Waals surface area contributed by atoms with Gasteiger partial charge in [0.1, 0.15) is 24.5 Å². The fraction of sp³-hybridized carbons (Fsp3) is 0.704. The zero-order chi connectivity index (χ0) is 24.1. The summed E-state index contributed by atoms with van der Waals surface area (Å²) in [6.07, 6.45) is 9.91. The van der Waals surface area contributed by atoms with E-state index in [1.807, 2.05) is 24.3 Å². The summed E-state index contributed by atoms with van der Waals surface area (Å²) in [4.78, 5) is 27.8. The minimum atomic E-state index is -0.645. The van der Waals surface area contributed by atoms with E-state index < -0.39 is 6.04 Å². The molecule has 0 radical (unpaired) electrons. The normalized spacial score (nSPS) is 23.3. The highest BCUT2D eigenvalue weighted by Crippen LogP contribution is 2.23. The molecule has 0 spiro atoms. The Balaban J connectivity index is 2.17. The standard InChI is InChI=1S/C27H43NO5/c1-4-5-6-10-24-15-12-21(2)9-7-8-11-26(30)28(3)25(27(31)33-24)20-22-13-16-23(17-14-22)32-19-18-29/h13-14,16-17,21,24-25,29H,4-12,15,18-20H2,1-3H3/t21-,24-,25-/m1/s1. The van der Waals surface area contributed by atoms with E-state index in [2.05, 4.69) is 13.8 Å². The van der Waals surface area contributed by atoms with Crippen molar-refractivity contribution < 1.29 is 24.2 Å². The lowest BCUT2D eigenvalue weighted by Gasteiger charge is -2.29. The molecule has 6 nitrogen and oxygen atoms in total. The number of carbonyl (C=O) groups is 2. The average Bonchev–Trinajstić information content (AvgIpc) is 2.82. The van der Waals surface area contributed by atoms with E-state index in [4.69, 9.17) is 14.6 Å². The van der Waals surface area contributed by atoms with Crippen LogP contribution >= 0.6 is 0 Å². The van der Waals surface area contributed by atoms with Crippen LogP contribution < -0.4 is 4.74 Å². The van der Waals surface area contributed by atoms with Gasteiger partial charge in [-0.2, -0.15) is 0 Å². The molecule has 1 aromatic rings. The number of amides is 1. The predicted octanol–water partition coefficient (Wildman–Crippen LogP) is 4.91. The lowest BCUT2D eigenvalue weighted by atomic mass is 9.95. The number of cyclic esters (lactones) is 1. The molecule has 1 aromatic carbocycles. The van der Waals surface area contributed by atoms with Gasteiger partial charge >= 0.3 is 5.97 Å². The van der Waals surface area contributed by atoms with Crippen molar-refractivity contribution in [2.75, 3.05) is 20.3 Å². The lowest BCUT2D eigenvalue weighted by molar-refractivity contribution is -0.159. The minimum absolute atomic E-state index is 0.00529. The second-order valence-electron chi connectivity index (χ2n) is 9.42. The monoisotopic (exact) mass is 461 g/mol. The van der Waals surface area contributed by atoms with E-state index in [1.54, 1.807) is 11.9 Å². The second kappa shape index (κ2) is 14.9. The molecule has 1 fully saturated rings. The quantitative estimate of drug-likeness (QED) is 0.418. The fourth-order valence-electron chi connectivity index (χ4n) is 4.35. The molecule has 33 heavy (non-hydrogen) atoms. The highest BCUT2D eigenvalue weighted by atomic mass is 16.5. The average molecular weight is 462 g/mol. The third kappa shape index (κ3) is 9.75. The number of hydrogen-bond acceptors (Lipinski definition) is 5. The summed E-state index contributed by atoms with van der Waals surface area (Å²) in [5, 5.41) is 8.92. The van der Waals surface area contributed by atoms with Gasteiger partial charge in [-0.05, 0) is 55.7 Å². The van der Waals surface area contributed by atoms with E-state index in [-0.39, 0.29) is 31.2 Å². The fourth-order valence-corrected chi connectivity index (χ4v) is 4.35. The molecule has 1 amide bonds. The zero-order valence-corrected chi connectivity index (χ0v) is 20.8. The zero-order valence-electron chi connectivity index (χ0n) is 20.8. The molecular weight excluding hydrogens is 418 g/mol. The van der Waals surface area contributed by atoms with Crippen LogP contribution in [0.3, 0.4) is 0 Å². The first-order valence-corrected chi connectivity index (χ1v) is 12.7. The van der Waals surface area contributed by atoms with Crippen LogP contribution in [0.25, 0.3) is 0 Å². The van der Waals surface area contributed by atoms with Gasteiger partial charge in [-0.1, -0.05) is 51.7 Å². The first kappa shape index (κ1) is 27.2. The maximum Gasteiger partial charge on any atom is 0.329 e. The molecule has 1 aliphatic heterocycles. The Morgan fingerprint density at radius 1 is 1.09 bits per heavy atom. The number of hydrogen-bond donors (Lipinski definition) is 1. The number of esters is 1. The number of rotatable bonds is 9. The molecule has 1 heterocycles. The molecule has 1 aliphatic rings. The molecule has 186 valence electrons. The Kier molecular flexibility index (Phi) is 12.3. The van der Waals surface area contributed by atoms with Crippen LogP contribution in [0.4, 0.5) is 0 Å². The van der Waals surface area contributed by atoms with Gasteiger partial charge in [-0.3, -0.25) is 4.79 Å². The number of benzene rings is 1. The SMILES string of the molecule is CCCCC[C@@H]1CC[C@H](C)CCCCC(=O)N(C)[C@H](Cc2ccc(OCCO)cc2)C(=O)O1.